The van der Waals surface area contributed by atoms with E-state index >= 15 is 0 Å². The quantitative estimate of drug-likeness (QED) is 0.521. The van der Waals surface area contributed by atoms with Gasteiger partial charge < -0.3 is 5.73 Å². The van der Waals surface area contributed by atoms with Crippen LogP contribution in [0.1, 0.15) is 26.7 Å². The minimum absolute atomic E-state index is 0.00606. The number of nitrogens with two attached hydrogens (primary N) is 1. The van der Waals surface area contributed by atoms with Crippen LogP contribution in [0.2, 0.25) is 0 Å². The number of nitrogen functional groups attached to an aromatic ring is 1. The summed E-state index contributed by atoms with van der Waals surface area (Å²) in [7, 11) is -3.68. The number of nitro groups is 1. The highest BCUT2D eigenvalue weighted by molar-refractivity contribution is 7.89. The molecule has 0 bridgehead atoms. The van der Waals surface area contributed by atoms with Crippen molar-refractivity contribution in [2.75, 3.05) is 12.3 Å². The average molecular weight is 313 g/mol. The predicted molar refractivity (Wildman–Crippen MR) is 79.3 cm³/mol. The Morgan fingerprint density at radius 1 is 1.38 bits per heavy atom. The van der Waals surface area contributed by atoms with Gasteiger partial charge in [0.25, 0.3) is 5.69 Å². The number of benzene rings is 1. The highest BCUT2D eigenvalue weighted by Gasteiger charge is 2.35. The van der Waals surface area contributed by atoms with Gasteiger partial charge in [-0.2, -0.15) is 4.31 Å². The minimum atomic E-state index is -3.68. The molecule has 1 aromatic rings. The number of piperidine rings is 1. The summed E-state index contributed by atoms with van der Waals surface area (Å²) in [5, 5.41) is 10.7. The van der Waals surface area contributed by atoms with Gasteiger partial charge in [-0.15, -0.1) is 0 Å². The third kappa shape index (κ3) is 2.86. The van der Waals surface area contributed by atoms with E-state index in [1.165, 1.54) is 16.4 Å². The molecule has 0 aromatic heterocycles. The summed E-state index contributed by atoms with van der Waals surface area (Å²) < 4.78 is 26.8. The lowest BCUT2D eigenvalue weighted by atomic mass is 9.94. The molecule has 0 amide bonds. The fraction of sp³-hybridized carbons (Fsp3) is 0.538. The number of sulfonamides is 1. The fourth-order valence-corrected chi connectivity index (χ4v) is 4.43. The zero-order chi connectivity index (χ0) is 15.8. The molecular weight excluding hydrogens is 294 g/mol. The van der Waals surface area contributed by atoms with Crippen molar-refractivity contribution in [2.24, 2.45) is 5.92 Å². The van der Waals surface area contributed by atoms with Gasteiger partial charge in [0.15, 0.2) is 0 Å². The minimum Gasteiger partial charge on any atom is -0.393 e. The van der Waals surface area contributed by atoms with E-state index < -0.39 is 14.9 Å². The number of rotatable bonds is 3. The van der Waals surface area contributed by atoms with E-state index in [0.29, 0.717) is 6.54 Å². The van der Waals surface area contributed by atoms with Gasteiger partial charge in [-0.1, -0.05) is 6.92 Å². The van der Waals surface area contributed by atoms with Gasteiger partial charge >= 0.3 is 0 Å². The topological polar surface area (TPSA) is 107 Å². The van der Waals surface area contributed by atoms with Gasteiger partial charge in [0, 0.05) is 18.7 Å². The van der Waals surface area contributed by atoms with Crippen molar-refractivity contribution in [3.8, 4) is 0 Å². The second-order valence-corrected chi connectivity index (χ2v) is 7.34. The zero-order valence-electron chi connectivity index (χ0n) is 12.0. The van der Waals surface area contributed by atoms with Crippen LogP contribution in [0, 0.1) is 16.0 Å². The first-order valence-electron chi connectivity index (χ1n) is 6.81. The standard InChI is InChI=1S/C13H19N3O4S/c1-9-4-3-7-15(10(9)2)21(19,20)11-5-6-13(16(17)18)12(14)8-11/h5-6,8-10H,3-4,7,14H2,1-2H3. The van der Waals surface area contributed by atoms with Gasteiger partial charge in [0.2, 0.25) is 10.0 Å². The van der Waals surface area contributed by atoms with Crippen molar-refractivity contribution >= 4 is 21.4 Å². The Kier molecular flexibility index (Phi) is 4.20. The molecule has 1 aliphatic heterocycles. The van der Waals surface area contributed by atoms with Crippen LogP contribution in [0.25, 0.3) is 0 Å². The fourth-order valence-electron chi connectivity index (χ4n) is 2.63. The SMILES string of the molecule is CC1CCCN(S(=O)(=O)c2ccc([N+](=O)[O-])c(N)c2)C1C. The van der Waals surface area contributed by atoms with E-state index in [4.69, 9.17) is 5.73 Å². The Balaban J connectivity index is 2.40. The molecule has 2 unspecified atom stereocenters. The molecule has 0 saturated carbocycles. The van der Waals surface area contributed by atoms with Crippen LogP contribution in [-0.4, -0.2) is 30.2 Å². The van der Waals surface area contributed by atoms with E-state index in [0.717, 1.165) is 18.9 Å². The van der Waals surface area contributed by atoms with E-state index in [2.05, 4.69) is 0 Å². The van der Waals surface area contributed by atoms with Crippen molar-refractivity contribution in [1.29, 1.82) is 0 Å². The van der Waals surface area contributed by atoms with Crippen molar-refractivity contribution in [3.05, 3.63) is 28.3 Å². The van der Waals surface area contributed by atoms with E-state index in [1.54, 1.807) is 0 Å². The molecule has 21 heavy (non-hydrogen) atoms. The third-order valence-electron chi connectivity index (χ3n) is 4.12. The largest absolute Gasteiger partial charge is 0.393 e. The summed E-state index contributed by atoms with van der Waals surface area (Å²) in [6.07, 6.45) is 1.81. The number of nitro benzene ring substituents is 1. The van der Waals surface area contributed by atoms with Crippen molar-refractivity contribution in [2.45, 2.75) is 37.6 Å². The molecule has 2 N–H and O–H groups in total. The molecule has 8 heteroatoms. The van der Waals surface area contributed by atoms with Crippen LogP contribution in [0.3, 0.4) is 0 Å². The number of hydrogen-bond donors (Lipinski definition) is 1. The molecule has 0 aliphatic carbocycles. The van der Waals surface area contributed by atoms with Crippen molar-refractivity contribution < 1.29 is 13.3 Å². The normalized spacial score (nSPS) is 23.9. The van der Waals surface area contributed by atoms with Crippen LogP contribution < -0.4 is 5.73 Å². The Hall–Kier alpha value is -1.67. The van der Waals surface area contributed by atoms with Gasteiger partial charge in [-0.25, -0.2) is 8.42 Å². The number of nitrogens with zero attached hydrogens (tertiary/aromatic N) is 2. The molecule has 1 heterocycles. The highest BCUT2D eigenvalue weighted by atomic mass is 32.2. The molecule has 1 fully saturated rings. The molecular formula is C13H19N3O4S. The van der Waals surface area contributed by atoms with Crippen LogP contribution in [0.5, 0.6) is 0 Å². The predicted octanol–water partition coefficient (Wildman–Crippen LogP) is 1.99. The smallest absolute Gasteiger partial charge is 0.292 e. The maximum absolute atomic E-state index is 12.7. The summed E-state index contributed by atoms with van der Waals surface area (Å²) >= 11 is 0. The molecule has 1 aliphatic rings. The van der Waals surface area contributed by atoms with E-state index in [-0.39, 0.29) is 28.2 Å². The maximum Gasteiger partial charge on any atom is 0.292 e. The summed E-state index contributed by atoms with van der Waals surface area (Å²) in [5.41, 5.74) is 5.16. The Morgan fingerprint density at radius 2 is 2.05 bits per heavy atom. The molecule has 1 saturated heterocycles. The Morgan fingerprint density at radius 3 is 2.62 bits per heavy atom. The van der Waals surface area contributed by atoms with E-state index in [1.807, 2.05) is 13.8 Å². The molecule has 0 radical (unpaired) electrons. The van der Waals surface area contributed by atoms with Crippen LogP contribution in [0.15, 0.2) is 23.1 Å². The number of hydrogen-bond acceptors (Lipinski definition) is 5. The maximum atomic E-state index is 12.7. The first-order chi connectivity index (χ1) is 9.75. The monoisotopic (exact) mass is 313 g/mol. The first kappa shape index (κ1) is 15.7. The second-order valence-electron chi connectivity index (χ2n) is 5.45. The first-order valence-corrected chi connectivity index (χ1v) is 8.25. The lowest BCUT2D eigenvalue weighted by Gasteiger charge is -2.36. The lowest BCUT2D eigenvalue weighted by Crippen LogP contribution is -2.45. The van der Waals surface area contributed by atoms with Crippen molar-refractivity contribution in [1.82, 2.24) is 4.31 Å². The number of anilines is 1. The Labute approximate surface area is 123 Å². The van der Waals surface area contributed by atoms with Gasteiger partial charge in [-0.05, 0) is 37.8 Å². The zero-order valence-corrected chi connectivity index (χ0v) is 12.8. The molecule has 0 spiro atoms. The molecule has 2 atom stereocenters. The van der Waals surface area contributed by atoms with Gasteiger partial charge in [-0.3, -0.25) is 10.1 Å². The summed E-state index contributed by atoms with van der Waals surface area (Å²) in [6.45, 7) is 4.37. The van der Waals surface area contributed by atoms with Crippen LogP contribution in [0.4, 0.5) is 11.4 Å². The Bertz CT molecular complexity index is 659. The third-order valence-corrected chi connectivity index (χ3v) is 6.10. The van der Waals surface area contributed by atoms with Gasteiger partial charge in [0.1, 0.15) is 5.69 Å². The second kappa shape index (κ2) is 5.61. The average Bonchev–Trinajstić information content (AvgIpc) is 2.41. The van der Waals surface area contributed by atoms with E-state index in [9.17, 15) is 18.5 Å². The molecule has 1 aromatic carbocycles. The summed E-state index contributed by atoms with van der Waals surface area (Å²) in [6, 6.07) is 3.45. The van der Waals surface area contributed by atoms with Gasteiger partial charge in [0.05, 0.1) is 9.82 Å². The molecule has 7 nitrogen and oxygen atoms in total. The van der Waals surface area contributed by atoms with Crippen LogP contribution >= 0.6 is 0 Å². The van der Waals surface area contributed by atoms with Crippen molar-refractivity contribution in [3.63, 3.8) is 0 Å². The lowest BCUT2D eigenvalue weighted by molar-refractivity contribution is -0.383. The van der Waals surface area contributed by atoms with Crippen LogP contribution in [-0.2, 0) is 10.0 Å². The summed E-state index contributed by atoms with van der Waals surface area (Å²) in [5.74, 6) is 0.281. The highest BCUT2D eigenvalue weighted by Crippen LogP contribution is 2.31. The summed E-state index contributed by atoms with van der Waals surface area (Å²) in [4.78, 5) is 10.1. The molecule has 116 valence electrons. The molecule has 2 rings (SSSR count).